The molecule has 2 heterocycles. The van der Waals surface area contributed by atoms with Crippen LogP contribution in [-0.4, -0.2) is 49.5 Å². The number of halogens is 1. The van der Waals surface area contributed by atoms with Gasteiger partial charge in [0.25, 0.3) is 5.91 Å². The summed E-state index contributed by atoms with van der Waals surface area (Å²) in [6, 6.07) is 3.38. The van der Waals surface area contributed by atoms with Gasteiger partial charge in [0, 0.05) is 6.54 Å². The SMILES string of the molecule is Cc1cc(F)ccc1-n1cc(C(=O)N2CCC[C@@H]2C(=O)O)nn1. The highest BCUT2D eigenvalue weighted by molar-refractivity contribution is 5.95. The Balaban J connectivity index is 1.87. The molecular formula is C15H15FN4O3. The van der Waals surface area contributed by atoms with Gasteiger partial charge in [-0.2, -0.15) is 0 Å². The fourth-order valence-electron chi connectivity index (χ4n) is 2.77. The third kappa shape index (κ3) is 2.79. The molecule has 0 spiro atoms. The first kappa shape index (κ1) is 15.1. The van der Waals surface area contributed by atoms with Crippen LogP contribution in [0.1, 0.15) is 28.9 Å². The van der Waals surface area contributed by atoms with Gasteiger partial charge in [0.2, 0.25) is 0 Å². The summed E-state index contributed by atoms with van der Waals surface area (Å²) in [5.74, 6) is -1.83. The van der Waals surface area contributed by atoms with Crippen LogP contribution in [-0.2, 0) is 4.79 Å². The van der Waals surface area contributed by atoms with Crippen LogP contribution in [0.5, 0.6) is 0 Å². The summed E-state index contributed by atoms with van der Waals surface area (Å²) >= 11 is 0. The van der Waals surface area contributed by atoms with E-state index in [0.29, 0.717) is 30.6 Å². The second-order valence-electron chi connectivity index (χ2n) is 5.47. The lowest BCUT2D eigenvalue weighted by Gasteiger charge is -2.19. The fourth-order valence-corrected chi connectivity index (χ4v) is 2.77. The third-order valence-corrected chi connectivity index (χ3v) is 3.92. The number of amides is 1. The molecule has 0 bridgehead atoms. The normalized spacial score (nSPS) is 17.5. The lowest BCUT2D eigenvalue weighted by atomic mass is 10.2. The van der Waals surface area contributed by atoms with Crippen LogP contribution in [0.4, 0.5) is 4.39 Å². The number of aliphatic carboxylic acids is 1. The zero-order valence-corrected chi connectivity index (χ0v) is 12.4. The molecule has 2 aromatic rings. The van der Waals surface area contributed by atoms with E-state index in [-0.39, 0.29) is 11.5 Å². The van der Waals surface area contributed by atoms with Crippen LogP contribution in [0.15, 0.2) is 24.4 Å². The Bertz CT molecular complexity index is 774. The molecule has 1 saturated heterocycles. The molecule has 0 radical (unpaired) electrons. The van der Waals surface area contributed by atoms with Gasteiger partial charge in [0.1, 0.15) is 11.9 Å². The predicted molar refractivity (Wildman–Crippen MR) is 77.7 cm³/mol. The third-order valence-electron chi connectivity index (χ3n) is 3.92. The van der Waals surface area contributed by atoms with Gasteiger partial charge in [-0.05, 0) is 43.5 Å². The van der Waals surface area contributed by atoms with Gasteiger partial charge in [-0.1, -0.05) is 5.21 Å². The van der Waals surface area contributed by atoms with E-state index in [1.807, 2.05) is 0 Å². The molecule has 1 N–H and O–H groups in total. The molecule has 23 heavy (non-hydrogen) atoms. The van der Waals surface area contributed by atoms with Crippen molar-refractivity contribution in [3.8, 4) is 5.69 Å². The number of carboxylic acids is 1. The highest BCUT2D eigenvalue weighted by Gasteiger charge is 2.35. The Morgan fingerprint density at radius 3 is 2.87 bits per heavy atom. The lowest BCUT2D eigenvalue weighted by molar-refractivity contribution is -0.141. The summed E-state index contributed by atoms with van der Waals surface area (Å²) in [4.78, 5) is 24.9. The molecule has 1 aliphatic rings. The van der Waals surface area contributed by atoms with Crippen LogP contribution in [0.25, 0.3) is 5.69 Å². The molecule has 1 aliphatic heterocycles. The van der Waals surface area contributed by atoms with E-state index in [4.69, 9.17) is 5.11 Å². The minimum Gasteiger partial charge on any atom is -0.480 e. The minimum atomic E-state index is -1.02. The van der Waals surface area contributed by atoms with Gasteiger partial charge < -0.3 is 10.0 Å². The molecule has 1 fully saturated rings. The zero-order chi connectivity index (χ0) is 16.6. The first-order valence-corrected chi connectivity index (χ1v) is 7.20. The van der Waals surface area contributed by atoms with Crippen LogP contribution >= 0.6 is 0 Å². The number of carbonyl (C=O) groups excluding carboxylic acids is 1. The molecule has 1 aromatic heterocycles. The monoisotopic (exact) mass is 318 g/mol. The van der Waals surface area contributed by atoms with E-state index >= 15 is 0 Å². The van der Waals surface area contributed by atoms with E-state index in [9.17, 15) is 14.0 Å². The second-order valence-corrected chi connectivity index (χ2v) is 5.47. The van der Waals surface area contributed by atoms with Crippen molar-refractivity contribution in [1.29, 1.82) is 0 Å². The van der Waals surface area contributed by atoms with Crippen LogP contribution < -0.4 is 0 Å². The van der Waals surface area contributed by atoms with Crippen molar-refractivity contribution >= 4 is 11.9 Å². The van der Waals surface area contributed by atoms with Crippen LogP contribution in [0.2, 0.25) is 0 Å². The van der Waals surface area contributed by atoms with E-state index in [1.54, 1.807) is 13.0 Å². The zero-order valence-electron chi connectivity index (χ0n) is 12.4. The molecule has 1 amide bonds. The van der Waals surface area contributed by atoms with Crippen molar-refractivity contribution in [2.75, 3.05) is 6.54 Å². The molecule has 7 nitrogen and oxygen atoms in total. The average Bonchev–Trinajstić information content (AvgIpc) is 3.16. The van der Waals surface area contributed by atoms with Gasteiger partial charge in [-0.3, -0.25) is 4.79 Å². The lowest BCUT2D eigenvalue weighted by Crippen LogP contribution is -2.40. The Hall–Kier alpha value is -2.77. The number of carbonyl (C=O) groups is 2. The average molecular weight is 318 g/mol. The van der Waals surface area contributed by atoms with E-state index < -0.39 is 17.9 Å². The standard InChI is InChI=1S/C15H15FN4O3/c1-9-7-10(16)4-5-12(9)20-8-11(17-18-20)14(21)19-6-2-3-13(19)15(22)23/h4-5,7-8,13H,2-3,6H2,1H3,(H,22,23)/t13-/m1/s1. The number of rotatable bonds is 3. The second kappa shape index (κ2) is 5.79. The number of hydrogen-bond acceptors (Lipinski definition) is 4. The highest BCUT2D eigenvalue weighted by atomic mass is 19.1. The molecular weight excluding hydrogens is 303 g/mol. The van der Waals surface area contributed by atoms with E-state index in [1.165, 1.54) is 27.9 Å². The smallest absolute Gasteiger partial charge is 0.326 e. The number of likely N-dealkylation sites (tertiary alicyclic amines) is 1. The first-order chi connectivity index (χ1) is 11.0. The molecule has 8 heteroatoms. The van der Waals surface area contributed by atoms with Crippen molar-refractivity contribution < 1.29 is 19.1 Å². The van der Waals surface area contributed by atoms with Gasteiger partial charge in [0.15, 0.2) is 5.69 Å². The number of aryl methyl sites for hydroxylation is 1. The number of benzene rings is 1. The highest BCUT2D eigenvalue weighted by Crippen LogP contribution is 2.20. The molecule has 3 rings (SSSR count). The molecule has 0 unspecified atom stereocenters. The van der Waals surface area contributed by atoms with E-state index in [2.05, 4.69) is 10.3 Å². The van der Waals surface area contributed by atoms with Crippen molar-refractivity contribution in [2.45, 2.75) is 25.8 Å². The number of aromatic nitrogens is 3. The topological polar surface area (TPSA) is 88.3 Å². The largest absolute Gasteiger partial charge is 0.480 e. The van der Waals surface area contributed by atoms with Crippen molar-refractivity contribution in [2.24, 2.45) is 0 Å². The molecule has 0 saturated carbocycles. The number of carboxylic acid groups (broad SMARTS) is 1. The molecule has 120 valence electrons. The Kier molecular flexibility index (Phi) is 3.81. The number of hydrogen-bond donors (Lipinski definition) is 1. The molecule has 1 aromatic carbocycles. The summed E-state index contributed by atoms with van der Waals surface area (Å²) in [5.41, 5.74) is 1.33. The Morgan fingerprint density at radius 1 is 1.39 bits per heavy atom. The maximum atomic E-state index is 13.2. The summed E-state index contributed by atoms with van der Waals surface area (Å²) < 4.78 is 14.5. The van der Waals surface area contributed by atoms with Crippen molar-refractivity contribution in [3.63, 3.8) is 0 Å². The Labute approximate surface area is 131 Å². The number of nitrogens with zero attached hydrogens (tertiary/aromatic N) is 4. The summed E-state index contributed by atoms with van der Waals surface area (Å²) in [5, 5.41) is 16.9. The predicted octanol–water partition coefficient (Wildman–Crippen LogP) is 1.40. The van der Waals surface area contributed by atoms with Crippen LogP contribution in [0.3, 0.4) is 0 Å². The Morgan fingerprint density at radius 2 is 2.17 bits per heavy atom. The van der Waals surface area contributed by atoms with Gasteiger partial charge >= 0.3 is 5.97 Å². The van der Waals surface area contributed by atoms with Gasteiger partial charge in [-0.25, -0.2) is 13.9 Å². The first-order valence-electron chi connectivity index (χ1n) is 7.20. The summed E-state index contributed by atoms with van der Waals surface area (Å²) in [6.07, 6.45) is 2.51. The van der Waals surface area contributed by atoms with Crippen LogP contribution in [0, 0.1) is 12.7 Å². The molecule has 0 aliphatic carbocycles. The fraction of sp³-hybridized carbons (Fsp3) is 0.333. The maximum Gasteiger partial charge on any atom is 0.326 e. The minimum absolute atomic E-state index is 0.0712. The molecule has 1 atom stereocenters. The van der Waals surface area contributed by atoms with Crippen molar-refractivity contribution in [3.05, 3.63) is 41.5 Å². The van der Waals surface area contributed by atoms with Gasteiger partial charge in [-0.15, -0.1) is 5.10 Å². The summed E-state index contributed by atoms with van der Waals surface area (Å²) in [6.45, 7) is 2.11. The van der Waals surface area contributed by atoms with Crippen molar-refractivity contribution in [1.82, 2.24) is 19.9 Å². The van der Waals surface area contributed by atoms with E-state index in [0.717, 1.165) is 0 Å². The maximum absolute atomic E-state index is 13.2. The van der Waals surface area contributed by atoms with Gasteiger partial charge in [0.05, 0.1) is 11.9 Å². The quantitative estimate of drug-likeness (QED) is 0.924. The summed E-state index contributed by atoms with van der Waals surface area (Å²) in [7, 11) is 0.